The normalized spacial score (nSPS) is 13.3. The van der Waals surface area contributed by atoms with Crippen molar-refractivity contribution in [2.24, 2.45) is 21.8 Å². The number of carbonyl (C=O) groups excluding carboxylic acids is 2. The smallest absolute Gasteiger partial charge is 0.234 e. The van der Waals surface area contributed by atoms with Crippen molar-refractivity contribution in [3.8, 4) is 0 Å². The highest BCUT2D eigenvalue weighted by Crippen LogP contribution is 2.17. The number of isocyanates is 2. The molecular formula is C15H26N2O4. The first-order valence-electron chi connectivity index (χ1n) is 7.40. The van der Waals surface area contributed by atoms with Crippen LogP contribution in [0.2, 0.25) is 0 Å². The fourth-order valence-corrected chi connectivity index (χ4v) is 2.08. The number of aliphatic imine (C=N–C) groups is 2. The third-order valence-corrected chi connectivity index (χ3v) is 3.01. The van der Waals surface area contributed by atoms with E-state index in [2.05, 4.69) is 30.8 Å². The van der Waals surface area contributed by atoms with Gasteiger partial charge in [0.25, 0.3) is 0 Å². The summed E-state index contributed by atoms with van der Waals surface area (Å²) in [5.74, 6) is 0.659. The SMILES string of the molecule is CC(C)C(OCCCN=C=O)C(C)COCCCN=C=O. The van der Waals surface area contributed by atoms with Crippen LogP contribution in [0, 0.1) is 11.8 Å². The second-order valence-electron chi connectivity index (χ2n) is 5.28. The molecular weight excluding hydrogens is 272 g/mol. The van der Waals surface area contributed by atoms with Crippen molar-refractivity contribution in [2.75, 3.05) is 32.9 Å². The molecule has 2 atom stereocenters. The van der Waals surface area contributed by atoms with Crippen LogP contribution in [0.25, 0.3) is 0 Å². The molecule has 0 N–H and O–H groups in total. The topological polar surface area (TPSA) is 77.3 Å². The van der Waals surface area contributed by atoms with Gasteiger partial charge < -0.3 is 9.47 Å². The molecule has 0 saturated carbocycles. The minimum Gasteiger partial charge on any atom is -0.381 e. The second-order valence-corrected chi connectivity index (χ2v) is 5.28. The van der Waals surface area contributed by atoms with Gasteiger partial charge in [-0.05, 0) is 18.8 Å². The largest absolute Gasteiger partial charge is 0.381 e. The maximum absolute atomic E-state index is 9.95. The fraction of sp³-hybridized carbons (Fsp3) is 0.867. The summed E-state index contributed by atoms with van der Waals surface area (Å²) < 4.78 is 11.4. The van der Waals surface area contributed by atoms with Gasteiger partial charge in [-0.15, -0.1) is 0 Å². The quantitative estimate of drug-likeness (QED) is 0.296. The Morgan fingerprint density at radius 1 is 0.952 bits per heavy atom. The Balaban J connectivity index is 3.91. The summed E-state index contributed by atoms with van der Waals surface area (Å²) in [5, 5.41) is 0. The van der Waals surface area contributed by atoms with Gasteiger partial charge in [-0.3, -0.25) is 0 Å². The zero-order valence-electron chi connectivity index (χ0n) is 13.2. The Morgan fingerprint density at radius 3 is 2.05 bits per heavy atom. The van der Waals surface area contributed by atoms with Crippen LogP contribution in [0.15, 0.2) is 9.98 Å². The predicted octanol–water partition coefficient (Wildman–Crippen LogP) is 2.13. The molecule has 0 aliphatic carbocycles. The lowest BCUT2D eigenvalue weighted by Crippen LogP contribution is -2.31. The summed E-state index contributed by atoms with van der Waals surface area (Å²) in [7, 11) is 0. The number of hydrogen-bond donors (Lipinski definition) is 0. The van der Waals surface area contributed by atoms with Gasteiger partial charge in [0.2, 0.25) is 12.2 Å². The van der Waals surface area contributed by atoms with E-state index in [1.165, 1.54) is 12.2 Å². The van der Waals surface area contributed by atoms with Gasteiger partial charge >= 0.3 is 0 Å². The Bertz CT molecular complexity index is 348. The predicted molar refractivity (Wildman–Crippen MR) is 79.8 cm³/mol. The molecule has 2 unspecified atom stereocenters. The molecule has 0 amide bonds. The number of hydrogen-bond acceptors (Lipinski definition) is 6. The fourth-order valence-electron chi connectivity index (χ4n) is 2.08. The van der Waals surface area contributed by atoms with E-state index in [0.29, 0.717) is 38.8 Å². The number of rotatable bonds is 13. The Labute approximate surface area is 126 Å². The van der Waals surface area contributed by atoms with Gasteiger partial charge in [-0.1, -0.05) is 20.8 Å². The van der Waals surface area contributed by atoms with E-state index >= 15 is 0 Å². The van der Waals surface area contributed by atoms with E-state index in [1.54, 1.807) is 0 Å². The van der Waals surface area contributed by atoms with Crippen molar-refractivity contribution in [1.82, 2.24) is 0 Å². The number of ether oxygens (including phenoxy) is 2. The van der Waals surface area contributed by atoms with E-state index < -0.39 is 0 Å². The first kappa shape index (κ1) is 19.7. The van der Waals surface area contributed by atoms with Crippen LogP contribution in [0.1, 0.15) is 33.6 Å². The van der Waals surface area contributed by atoms with Crippen LogP contribution >= 0.6 is 0 Å². The van der Waals surface area contributed by atoms with Gasteiger partial charge in [0.05, 0.1) is 25.8 Å². The average Bonchev–Trinajstić information content (AvgIpc) is 2.45. The summed E-state index contributed by atoms with van der Waals surface area (Å²) in [5.41, 5.74) is 0. The van der Waals surface area contributed by atoms with Crippen molar-refractivity contribution in [2.45, 2.75) is 39.7 Å². The standard InChI is InChI=1S/C15H26N2O4/c1-13(2)15(21-9-5-7-17-12-19)14(3)10-20-8-4-6-16-11-18/h13-15H,4-10H2,1-3H3. The molecule has 0 rings (SSSR count). The van der Waals surface area contributed by atoms with Crippen LogP contribution in [0.3, 0.4) is 0 Å². The first-order valence-corrected chi connectivity index (χ1v) is 7.40. The highest BCUT2D eigenvalue weighted by molar-refractivity contribution is 5.32. The molecule has 0 fully saturated rings. The molecule has 120 valence electrons. The van der Waals surface area contributed by atoms with Gasteiger partial charge in [0.15, 0.2) is 0 Å². The molecule has 0 aliphatic rings. The van der Waals surface area contributed by atoms with E-state index in [1.807, 2.05) is 0 Å². The lowest BCUT2D eigenvalue weighted by atomic mass is 9.95. The van der Waals surface area contributed by atoms with E-state index in [4.69, 9.17) is 9.47 Å². The second kappa shape index (κ2) is 13.7. The Kier molecular flexibility index (Phi) is 12.8. The maximum atomic E-state index is 9.95. The van der Waals surface area contributed by atoms with Crippen LogP contribution in [-0.2, 0) is 19.1 Å². The minimum absolute atomic E-state index is 0.109. The molecule has 6 nitrogen and oxygen atoms in total. The molecule has 0 heterocycles. The summed E-state index contributed by atoms with van der Waals surface area (Å²) in [6, 6.07) is 0. The van der Waals surface area contributed by atoms with Crippen LogP contribution in [0.4, 0.5) is 0 Å². The summed E-state index contributed by atoms with van der Waals surface area (Å²) in [6.45, 7) is 9.00. The molecule has 0 bridgehead atoms. The highest BCUT2D eigenvalue weighted by atomic mass is 16.5. The third-order valence-electron chi connectivity index (χ3n) is 3.01. The van der Waals surface area contributed by atoms with Crippen LogP contribution in [-0.4, -0.2) is 51.2 Å². The molecule has 0 spiro atoms. The third kappa shape index (κ3) is 11.1. The highest BCUT2D eigenvalue weighted by Gasteiger charge is 2.21. The Morgan fingerprint density at radius 2 is 1.52 bits per heavy atom. The van der Waals surface area contributed by atoms with Crippen molar-refractivity contribution in [3.05, 3.63) is 0 Å². The zero-order valence-corrected chi connectivity index (χ0v) is 13.2. The molecule has 0 aromatic carbocycles. The van der Waals surface area contributed by atoms with Gasteiger partial charge in [0.1, 0.15) is 0 Å². The first-order chi connectivity index (χ1) is 10.1. The van der Waals surface area contributed by atoms with E-state index in [9.17, 15) is 9.59 Å². The Hall–Kier alpha value is -1.32. The molecule has 0 aliphatic heterocycles. The van der Waals surface area contributed by atoms with Gasteiger partial charge in [0, 0.05) is 19.1 Å². The summed E-state index contributed by atoms with van der Waals surface area (Å²) in [6.07, 6.45) is 4.57. The lowest BCUT2D eigenvalue weighted by molar-refractivity contribution is -0.0405. The molecule has 0 radical (unpaired) electrons. The number of nitrogens with zero attached hydrogens (tertiary/aromatic N) is 2. The van der Waals surface area contributed by atoms with E-state index in [0.717, 1.165) is 12.8 Å². The molecule has 6 heteroatoms. The molecule has 0 saturated heterocycles. The van der Waals surface area contributed by atoms with Crippen molar-refractivity contribution < 1.29 is 19.1 Å². The lowest BCUT2D eigenvalue weighted by Gasteiger charge is -2.27. The maximum Gasteiger partial charge on any atom is 0.234 e. The van der Waals surface area contributed by atoms with Crippen molar-refractivity contribution >= 4 is 12.2 Å². The van der Waals surface area contributed by atoms with Gasteiger partial charge in [-0.2, -0.15) is 0 Å². The van der Waals surface area contributed by atoms with E-state index in [-0.39, 0.29) is 12.0 Å². The average molecular weight is 298 g/mol. The zero-order chi connectivity index (χ0) is 15.9. The van der Waals surface area contributed by atoms with Crippen LogP contribution < -0.4 is 0 Å². The molecule has 0 aromatic heterocycles. The summed E-state index contributed by atoms with van der Waals surface area (Å²) >= 11 is 0. The summed E-state index contributed by atoms with van der Waals surface area (Å²) in [4.78, 5) is 26.8. The minimum atomic E-state index is 0.109. The van der Waals surface area contributed by atoms with Crippen LogP contribution in [0.5, 0.6) is 0 Å². The van der Waals surface area contributed by atoms with Gasteiger partial charge in [-0.25, -0.2) is 19.6 Å². The van der Waals surface area contributed by atoms with Crippen molar-refractivity contribution in [3.63, 3.8) is 0 Å². The van der Waals surface area contributed by atoms with Crippen molar-refractivity contribution in [1.29, 1.82) is 0 Å². The molecule has 21 heavy (non-hydrogen) atoms. The molecule has 0 aromatic rings. The monoisotopic (exact) mass is 298 g/mol.